The second kappa shape index (κ2) is 6.50. The largest absolute Gasteiger partial charge is 0.309 e. The molecule has 0 bridgehead atoms. The summed E-state index contributed by atoms with van der Waals surface area (Å²) in [5.41, 5.74) is 1.26. The van der Waals surface area contributed by atoms with Crippen LogP contribution in [-0.2, 0) is 0 Å². The van der Waals surface area contributed by atoms with Crippen LogP contribution >= 0.6 is 11.3 Å². The second-order valence-corrected chi connectivity index (χ2v) is 6.20. The lowest BCUT2D eigenvalue weighted by Gasteiger charge is -2.26. The lowest BCUT2D eigenvalue weighted by Crippen LogP contribution is -2.24. The first kappa shape index (κ1) is 13.0. The van der Waals surface area contributed by atoms with Gasteiger partial charge in [0.1, 0.15) is 0 Å². The predicted octanol–water partition coefficient (Wildman–Crippen LogP) is 4.07. The van der Waals surface area contributed by atoms with Crippen molar-refractivity contribution in [1.29, 1.82) is 0 Å². The molecule has 17 heavy (non-hydrogen) atoms. The predicted molar refractivity (Wildman–Crippen MR) is 74.5 cm³/mol. The summed E-state index contributed by atoms with van der Waals surface area (Å²) in [5, 5.41) is 7.02. The van der Waals surface area contributed by atoms with Gasteiger partial charge in [-0.1, -0.05) is 39.0 Å². The van der Waals surface area contributed by atoms with Crippen molar-refractivity contribution in [2.24, 2.45) is 5.92 Å². The van der Waals surface area contributed by atoms with Gasteiger partial charge in [-0.3, -0.25) is 0 Å². The van der Waals surface area contributed by atoms with E-state index in [1.54, 1.807) is 11.3 Å². The summed E-state index contributed by atoms with van der Waals surface area (Å²) >= 11 is 1.77. The average molecular weight is 252 g/mol. The zero-order valence-corrected chi connectivity index (χ0v) is 11.9. The Morgan fingerprint density at radius 2 is 2.18 bits per heavy atom. The Morgan fingerprint density at radius 3 is 2.76 bits per heavy atom. The molecule has 1 aromatic heterocycles. The molecule has 1 heterocycles. The molecule has 1 aliphatic carbocycles. The summed E-state index contributed by atoms with van der Waals surface area (Å²) in [6.45, 7) is 5.32. The van der Waals surface area contributed by atoms with Gasteiger partial charge in [0.25, 0.3) is 0 Å². The molecule has 2 rings (SSSR count). The SMILES string of the molecule is CCNC(CC1CCCCC1)c1csc(C)n1. The molecule has 1 aromatic rings. The van der Waals surface area contributed by atoms with E-state index < -0.39 is 0 Å². The van der Waals surface area contributed by atoms with Crippen LogP contribution in [0.4, 0.5) is 0 Å². The summed E-state index contributed by atoms with van der Waals surface area (Å²) in [6.07, 6.45) is 8.42. The highest BCUT2D eigenvalue weighted by atomic mass is 32.1. The topological polar surface area (TPSA) is 24.9 Å². The molecule has 0 saturated heterocycles. The van der Waals surface area contributed by atoms with Crippen LogP contribution in [0.1, 0.15) is 62.2 Å². The highest BCUT2D eigenvalue weighted by Crippen LogP contribution is 2.32. The van der Waals surface area contributed by atoms with Gasteiger partial charge < -0.3 is 5.32 Å². The number of nitrogens with zero attached hydrogens (tertiary/aromatic N) is 1. The summed E-state index contributed by atoms with van der Waals surface area (Å²) in [5.74, 6) is 0.912. The minimum absolute atomic E-state index is 0.480. The third kappa shape index (κ3) is 3.78. The van der Waals surface area contributed by atoms with Gasteiger partial charge in [-0.2, -0.15) is 0 Å². The molecule has 0 amide bonds. The molecule has 3 heteroatoms. The van der Waals surface area contributed by atoms with Crippen molar-refractivity contribution in [3.8, 4) is 0 Å². The standard InChI is InChI=1S/C14H24N2S/c1-3-15-13(14-10-17-11(2)16-14)9-12-7-5-4-6-8-12/h10,12-13,15H,3-9H2,1-2H3. The first-order valence-corrected chi connectivity index (χ1v) is 7.83. The maximum atomic E-state index is 4.65. The third-order valence-electron chi connectivity index (χ3n) is 3.74. The summed E-state index contributed by atoms with van der Waals surface area (Å²) in [4.78, 5) is 4.65. The van der Waals surface area contributed by atoms with E-state index >= 15 is 0 Å². The van der Waals surface area contributed by atoms with Gasteiger partial charge >= 0.3 is 0 Å². The van der Waals surface area contributed by atoms with Crippen LogP contribution in [0.25, 0.3) is 0 Å². The first-order valence-electron chi connectivity index (χ1n) is 6.95. The Kier molecular flexibility index (Phi) is 4.99. The Balaban J connectivity index is 1.96. The first-order chi connectivity index (χ1) is 8.29. The average Bonchev–Trinajstić information content (AvgIpc) is 2.77. The van der Waals surface area contributed by atoms with Crippen LogP contribution in [0, 0.1) is 12.8 Å². The van der Waals surface area contributed by atoms with E-state index in [-0.39, 0.29) is 0 Å². The number of hydrogen-bond acceptors (Lipinski definition) is 3. The molecule has 1 atom stereocenters. The van der Waals surface area contributed by atoms with Gasteiger partial charge in [-0.25, -0.2) is 4.98 Å². The second-order valence-electron chi connectivity index (χ2n) is 5.14. The van der Waals surface area contributed by atoms with Crippen LogP contribution in [0.3, 0.4) is 0 Å². The zero-order chi connectivity index (χ0) is 12.1. The number of aromatic nitrogens is 1. The molecule has 1 fully saturated rings. The highest BCUT2D eigenvalue weighted by molar-refractivity contribution is 7.09. The van der Waals surface area contributed by atoms with Crippen molar-refractivity contribution in [1.82, 2.24) is 10.3 Å². The highest BCUT2D eigenvalue weighted by Gasteiger charge is 2.21. The molecule has 96 valence electrons. The number of nitrogens with one attached hydrogen (secondary N) is 1. The smallest absolute Gasteiger partial charge is 0.0898 e. The number of aryl methyl sites for hydroxylation is 1. The van der Waals surface area contributed by atoms with Crippen LogP contribution < -0.4 is 5.32 Å². The Labute approximate surface area is 109 Å². The van der Waals surface area contributed by atoms with E-state index in [2.05, 4.69) is 29.5 Å². The summed E-state index contributed by atoms with van der Waals surface area (Å²) in [6, 6.07) is 0.480. The maximum absolute atomic E-state index is 4.65. The van der Waals surface area contributed by atoms with Crippen LogP contribution in [0.2, 0.25) is 0 Å². The molecule has 0 radical (unpaired) electrons. The number of thiazole rings is 1. The van der Waals surface area contributed by atoms with Crippen molar-refractivity contribution in [3.63, 3.8) is 0 Å². The molecule has 2 nitrogen and oxygen atoms in total. The van der Waals surface area contributed by atoms with Crippen molar-refractivity contribution in [2.45, 2.75) is 58.4 Å². The van der Waals surface area contributed by atoms with Crippen molar-refractivity contribution in [2.75, 3.05) is 6.54 Å². The monoisotopic (exact) mass is 252 g/mol. The maximum Gasteiger partial charge on any atom is 0.0898 e. The molecule has 1 N–H and O–H groups in total. The van der Waals surface area contributed by atoms with Gasteiger partial charge in [-0.05, 0) is 25.8 Å². The fraction of sp³-hybridized carbons (Fsp3) is 0.786. The van der Waals surface area contributed by atoms with E-state index in [0.717, 1.165) is 12.5 Å². The van der Waals surface area contributed by atoms with Crippen LogP contribution in [0.15, 0.2) is 5.38 Å². The van der Waals surface area contributed by atoms with Gasteiger partial charge in [0.2, 0.25) is 0 Å². The minimum Gasteiger partial charge on any atom is -0.309 e. The van der Waals surface area contributed by atoms with E-state index in [4.69, 9.17) is 0 Å². The molecular formula is C14H24N2S. The quantitative estimate of drug-likeness (QED) is 0.854. The number of rotatable bonds is 5. The van der Waals surface area contributed by atoms with Crippen LogP contribution in [-0.4, -0.2) is 11.5 Å². The number of hydrogen-bond donors (Lipinski definition) is 1. The summed E-state index contributed by atoms with van der Waals surface area (Å²) in [7, 11) is 0. The van der Waals surface area contributed by atoms with E-state index in [0.29, 0.717) is 6.04 Å². The normalized spacial score (nSPS) is 19.4. The lowest BCUT2D eigenvalue weighted by atomic mass is 9.84. The van der Waals surface area contributed by atoms with E-state index in [1.807, 2.05) is 0 Å². The third-order valence-corrected chi connectivity index (χ3v) is 4.53. The van der Waals surface area contributed by atoms with Gasteiger partial charge in [0.15, 0.2) is 0 Å². The van der Waals surface area contributed by atoms with Gasteiger partial charge in [0.05, 0.1) is 16.7 Å². The molecule has 0 aromatic carbocycles. The molecule has 1 unspecified atom stereocenters. The van der Waals surface area contributed by atoms with Crippen LogP contribution in [0.5, 0.6) is 0 Å². The van der Waals surface area contributed by atoms with E-state index in [9.17, 15) is 0 Å². The molecule has 0 aliphatic heterocycles. The van der Waals surface area contributed by atoms with Crippen molar-refractivity contribution >= 4 is 11.3 Å². The Bertz CT molecular complexity index is 329. The van der Waals surface area contributed by atoms with Gasteiger partial charge in [-0.15, -0.1) is 11.3 Å². The minimum atomic E-state index is 0.480. The van der Waals surface area contributed by atoms with Gasteiger partial charge in [0, 0.05) is 5.38 Å². The fourth-order valence-electron chi connectivity index (χ4n) is 2.85. The molecule has 0 spiro atoms. The zero-order valence-electron chi connectivity index (χ0n) is 11.0. The van der Waals surface area contributed by atoms with Crippen molar-refractivity contribution < 1.29 is 0 Å². The fourth-order valence-corrected chi connectivity index (χ4v) is 3.52. The summed E-state index contributed by atoms with van der Waals surface area (Å²) < 4.78 is 0. The molecule has 1 saturated carbocycles. The molecular weight excluding hydrogens is 228 g/mol. The van der Waals surface area contributed by atoms with E-state index in [1.165, 1.54) is 49.2 Å². The molecule has 1 aliphatic rings. The van der Waals surface area contributed by atoms with Crippen molar-refractivity contribution in [3.05, 3.63) is 16.1 Å². The lowest BCUT2D eigenvalue weighted by molar-refractivity contribution is 0.299. The Morgan fingerprint density at radius 1 is 1.41 bits per heavy atom. The Hall–Kier alpha value is -0.410.